The van der Waals surface area contributed by atoms with E-state index in [0.29, 0.717) is 18.5 Å². The van der Waals surface area contributed by atoms with Gasteiger partial charge in [0.15, 0.2) is 5.82 Å². The molecule has 0 aliphatic carbocycles. The quantitative estimate of drug-likeness (QED) is 0.633. The van der Waals surface area contributed by atoms with E-state index in [1.54, 1.807) is 7.11 Å². The molecule has 0 aromatic carbocycles. The lowest BCUT2D eigenvalue weighted by Gasteiger charge is -2.37. The molecule has 0 bridgehead atoms. The molecule has 1 aliphatic heterocycles. The van der Waals surface area contributed by atoms with Crippen LogP contribution in [0.5, 0.6) is 0 Å². The van der Waals surface area contributed by atoms with E-state index >= 15 is 0 Å². The second kappa shape index (κ2) is 7.25. The van der Waals surface area contributed by atoms with Gasteiger partial charge in [-0.15, -0.1) is 0 Å². The summed E-state index contributed by atoms with van der Waals surface area (Å²) in [5.74, 6) is 0.604. The highest BCUT2D eigenvalue weighted by molar-refractivity contribution is 5.61. The SMILES string of the molecule is COCCNCC1CCCCN1c1nc[nH]c(=O)c1N. The van der Waals surface area contributed by atoms with Crippen LogP contribution in [0, 0.1) is 0 Å². The number of hydrogen-bond donors (Lipinski definition) is 3. The molecule has 1 aromatic heterocycles. The van der Waals surface area contributed by atoms with Crippen molar-refractivity contribution in [3.8, 4) is 0 Å². The Kier molecular flexibility index (Phi) is 5.37. The lowest BCUT2D eigenvalue weighted by molar-refractivity contribution is 0.198. The number of H-pyrrole nitrogens is 1. The monoisotopic (exact) mass is 281 g/mol. The van der Waals surface area contributed by atoms with Crippen LogP contribution in [-0.2, 0) is 4.74 Å². The van der Waals surface area contributed by atoms with E-state index < -0.39 is 0 Å². The largest absolute Gasteiger partial charge is 0.391 e. The number of aromatic amines is 1. The van der Waals surface area contributed by atoms with Crippen LogP contribution in [0.15, 0.2) is 11.1 Å². The number of nitrogens with zero attached hydrogens (tertiary/aromatic N) is 2. The first kappa shape index (κ1) is 14.8. The molecule has 2 heterocycles. The van der Waals surface area contributed by atoms with E-state index in [4.69, 9.17) is 10.5 Å². The van der Waals surface area contributed by atoms with Gasteiger partial charge in [-0.1, -0.05) is 0 Å². The van der Waals surface area contributed by atoms with Gasteiger partial charge in [-0.3, -0.25) is 4.79 Å². The molecule has 0 saturated carbocycles. The van der Waals surface area contributed by atoms with Crippen LogP contribution in [0.1, 0.15) is 19.3 Å². The first-order valence-corrected chi connectivity index (χ1v) is 7.03. The lowest BCUT2D eigenvalue weighted by Crippen LogP contribution is -2.47. The molecule has 4 N–H and O–H groups in total. The van der Waals surface area contributed by atoms with Crippen molar-refractivity contribution in [2.24, 2.45) is 0 Å². The Morgan fingerprint density at radius 3 is 3.25 bits per heavy atom. The molecule has 112 valence electrons. The second-order valence-corrected chi connectivity index (χ2v) is 5.01. The Hall–Kier alpha value is -1.60. The van der Waals surface area contributed by atoms with Gasteiger partial charge in [0.1, 0.15) is 5.69 Å². The van der Waals surface area contributed by atoms with Crippen LogP contribution in [-0.4, -0.2) is 49.4 Å². The van der Waals surface area contributed by atoms with E-state index in [0.717, 1.165) is 32.5 Å². The van der Waals surface area contributed by atoms with E-state index in [9.17, 15) is 4.79 Å². The summed E-state index contributed by atoms with van der Waals surface area (Å²) in [5.41, 5.74) is 5.80. The molecule has 0 radical (unpaired) electrons. The highest BCUT2D eigenvalue weighted by atomic mass is 16.5. The van der Waals surface area contributed by atoms with Gasteiger partial charge >= 0.3 is 0 Å². The zero-order valence-electron chi connectivity index (χ0n) is 11.9. The third kappa shape index (κ3) is 3.49. The average molecular weight is 281 g/mol. The Balaban J connectivity index is 2.06. The zero-order chi connectivity index (χ0) is 14.4. The molecule has 1 unspecified atom stereocenters. The highest BCUT2D eigenvalue weighted by Crippen LogP contribution is 2.25. The van der Waals surface area contributed by atoms with Crippen LogP contribution in [0.25, 0.3) is 0 Å². The highest BCUT2D eigenvalue weighted by Gasteiger charge is 2.25. The van der Waals surface area contributed by atoms with Crippen molar-refractivity contribution in [3.63, 3.8) is 0 Å². The Morgan fingerprint density at radius 1 is 1.60 bits per heavy atom. The lowest BCUT2D eigenvalue weighted by atomic mass is 10.0. The van der Waals surface area contributed by atoms with Crippen LogP contribution in [0.2, 0.25) is 0 Å². The van der Waals surface area contributed by atoms with E-state index in [1.807, 2.05) is 0 Å². The summed E-state index contributed by atoms with van der Waals surface area (Å²) in [6.45, 7) is 3.24. The zero-order valence-corrected chi connectivity index (χ0v) is 11.9. The number of hydrogen-bond acceptors (Lipinski definition) is 6. The normalized spacial score (nSPS) is 19.2. The van der Waals surface area contributed by atoms with Crippen molar-refractivity contribution >= 4 is 11.5 Å². The summed E-state index contributed by atoms with van der Waals surface area (Å²) in [6, 6.07) is 0.317. The number of rotatable bonds is 6. The Labute approximate surface area is 118 Å². The molecule has 1 aliphatic rings. The number of nitrogens with two attached hydrogens (primary N) is 1. The fourth-order valence-corrected chi connectivity index (χ4v) is 2.56. The van der Waals surface area contributed by atoms with Crippen molar-refractivity contribution < 1.29 is 4.74 Å². The fraction of sp³-hybridized carbons (Fsp3) is 0.692. The van der Waals surface area contributed by atoms with Gasteiger partial charge in [0.05, 0.1) is 12.9 Å². The van der Waals surface area contributed by atoms with Crippen molar-refractivity contribution in [2.45, 2.75) is 25.3 Å². The third-order valence-electron chi connectivity index (χ3n) is 3.63. The summed E-state index contributed by atoms with van der Waals surface area (Å²) in [7, 11) is 1.69. The van der Waals surface area contributed by atoms with Crippen LogP contribution < -0.4 is 21.5 Å². The van der Waals surface area contributed by atoms with Gasteiger partial charge in [0, 0.05) is 32.8 Å². The Bertz CT molecular complexity index is 476. The topological polar surface area (TPSA) is 96.3 Å². The van der Waals surface area contributed by atoms with E-state index in [1.165, 1.54) is 12.7 Å². The minimum absolute atomic E-state index is 0.205. The number of methoxy groups -OCH3 is 1. The van der Waals surface area contributed by atoms with Gasteiger partial charge in [-0.25, -0.2) is 4.98 Å². The molecule has 7 heteroatoms. The summed E-state index contributed by atoms with van der Waals surface area (Å²) in [5, 5.41) is 3.37. The molecule has 1 atom stereocenters. The van der Waals surface area contributed by atoms with Crippen molar-refractivity contribution in [2.75, 3.05) is 44.0 Å². The fourth-order valence-electron chi connectivity index (χ4n) is 2.56. The van der Waals surface area contributed by atoms with Crippen molar-refractivity contribution in [3.05, 3.63) is 16.7 Å². The van der Waals surface area contributed by atoms with Crippen LogP contribution in [0.4, 0.5) is 11.5 Å². The molecular weight excluding hydrogens is 258 g/mol. The maximum absolute atomic E-state index is 11.6. The predicted molar refractivity (Wildman–Crippen MR) is 79.0 cm³/mol. The number of aromatic nitrogens is 2. The minimum Gasteiger partial charge on any atom is -0.391 e. The molecule has 1 fully saturated rings. The molecule has 20 heavy (non-hydrogen) atoms. The first-order valence-electron chi connectivity index (χ1n) is 7.03. The standard InChI is InChI=1S/C13H23N5O2/c1-20-7-5-15-8-10-4-2-3-6-18(10)12-11(14)13(19)17-9-16-12/h9-10,15H,2-8,14H2,1H3,(H,16,17,19). The van der Waals surface area contributed by atoms with Gasteiger partial charge in [0.2, 0.25) is 0 Å². The van der Waals surface area contributed by atoms with Gasteiger partial charge < -0.3 is 25.7 Å². The average Bonchev–Trinajstić information content (AvgIpc) is 2.47. The smallest absolute Gasteiger partial charge is 0.276 e. The van der Waals surface area contributed by atoms with Gasteiger partial charge in [-0.05, 0) is 19.3 Å². The summed E-state index contributed by atoms with van der Waals surface area (Å²) < 4.78 is 5.02. The molecule has 1 saturated heterocycles. The number of piperidine rings is 1. The number of ether oxygens (including phenoxy) is 1. The number of nitrogen functional groups attached to an aromatic ring is 1. The second-order valence-electron chi connectivity index (χ2n) is 5.01. The summed E-state index contributed by atoms with van der Waals surface area (Å²) in [6.07, 6.45) is 4.78. The molecule has 2 rings (SSSR count). The van der Waals surface area contributed by atoms with Crippen LogP contribution in [0.3, 0.4) is 0 Å². The maximum atomic E-state index is 11.6. The molecule has 1 aromatic rings. The van der Waals surface area contributed by atoms with Crippen LogP contribution >= 0.6 is 0 Å². The summed E-state index contributed by atoms with van der Waals surface area (Å²) in [4.78, 5) is 20.5. The maximum Gasteiger partial charge on any atom is 0.276 e. The molecule has 7 nitrogen and oxygen atoms in total. The molecule has 0 amide bonds. The first-order chi connectivity index (χ1) is 9.74. The third-order valence-corrected chi connectivity index (χ3v) is 3.63. The minimum atomic E-state index is -0.272. The summed E-state index contributed by atoms with van der Waals surface area (Å²) >= 11 is 0. The van der Waals surface area contributed by atoms with Gasteiger partial charge in [0.25, 0.3) is 5.56 Å². The van der Waals surface area contributed by atoms with E-state index in [2.05, 4.69) is 20.2 Å². The predicted octanol–water partition coefficient (Wildman–Crippen LogP) is -0.0530. The van der Waals surface area contributed by atoms with Gasteiger partial charge in [-0.2, -0.15) is 0 Å². The van der Waals surface area contributed by atoms with E-state index in [-0.39, 0.29) is 11.2 Å². The number of anilines is 2. The van der Waals surface area contributed by atoms with Crippen molar-refractivity contribution in [1.82, 2.24) is 15.3 Å². The number of nitrogens with one attached hydrogen (secondary N) is 2. The Morgan fingerprint density at radius 2 is 2.45 bits per heavy atom. The molecular formula is C13H23N5O2. The molecule has 0 spiro atoms. The van der Waals surface area contributed by atoms with Crippen molar-refractivity contribution in [1.29, 1.82) is 0 Å².